The minimum absolute atomic E-state index is 0.0235. The van der Waals surface area contributed by atoms with Gasteiger partial charge in [0.15, 0.2) is 11.9 Å². The van der Waals surface area contributed by atoms with Crippen molar-refractivity contribution in [3.05, 3.63) is 143 Å². The first-order chi connectivity index (χ1) is 57.8. The predicted octanol–water partition coefficient (Wildman–Crippen LogP) is 1.87. The van der Waals surface area contributed by atoms with Crippen molar-refractivity contribution >= 4 is 111 Å². The highest BCUT2D eigenvalue weighted by Crippen LogP contribution is 2.23. The second-order valence-electron chi connectivity index (χ2n) is 29.8. The molecule has 1 aliphatic rings. The van der Waals surface area contributed by atoms with Crippen LogP contribution < -0.4 is 80.2 Å². The highest BCUT2D eigenvalue weighted by Gasteiger charge is 2.41. The van der Waals surface area contributed by atoms with Gasteiger partial charge in [0.1, 0.15) is 72.2 Å². The molecule has 35 nitrogen and oxygen atoms in total. The highest BCUT2D eigenvalue weighted by atomic mass is 35.5. The molecule has 36 heteroatoms. The third-order valence-corrected chi connectivity index (χ3v) is 19.5. The number of aromatic nitrogens is 1. The number of phenols is 1. The molecule has 19 N–H and O–H groups in total. The smallest absolute Gasteiger partial charge is 0.300 e. The Morgan fingerprint density at radius 3 is 1.43 bits per heavy atom. The van der Waals surface area contributed by atoms with E-state index in [1.54, 1.807) is 36.4 Å². The number of aliphatic hydroxyl groups excluding tert-OH is 1. The van der Waals surface area contributed by atoms with Gasteiger partial charge in [-0.2, -0.15) is 0 Å². The number of hydrogen-bond donors (Lipinski definition) is 18. The topological polar surface area (TPSA) is 518 Å². The van der Waals surface area contributed by atoms with Crippen LogP contribution in [0.15, 0.2) is 126 Å². The summed E-state index contributed by atoms with van der Waals surface area (Å²) in [5.74, 6) is -9.51. The van der Waals surface area contributed by atoms with Crippen molar-refractivity contribution in [3.63, 3.8) is 0 Å². The molecule has 1 aliphatic heterocycles. The maximum Gasteiger partial charge on any atom is 0.300 e. The summed E-state index contributed by atoms with van der Waals surface area (Å²) < 4.78 is 0. The summed E-state index contributed by atoms with van der Waals surface area (Å²) in [5, 5.41) is 70.9. The van der Waals surface area contributed by atoms with Crippen LogP contribution in [0.1, 0.15) is 149 Å². The molecule has 1 aromatic heterocycles. The molecule has 0 aliphatic carbocycles. The molecule has 11 atom stereocenters. The van der Waals surface area contributed by atoms with Gasteiger partial charge in [-0.1, -0.05) is 98.2 Å². The second kappa shape index (κ2) is 52.8. The van der Waals surface area contributed by atoms with Gasteiger partial charge >= 0.3 is 0 Å². The third-order valence-electron chi connectivity index (χ3n) is 19.2. The van der Waals surface area contributed by atoms with Crippen molar-refractivity contribution in [2.24, 2.45) is 21.6 Å². The normalized spacial score (nSPS) is 14.6. The maximum atomic E-state index is 15.2. The zero-order chi connectivity index (χ0) is 89.1. The van der Waals surface area contributed by atoms with Gasteiger partial charge in [-0.05, 0) is 169 Å². The number of phenolic OH excluding ortho intramolecular Hbond substituents is 1. The first kappa shape index (κ1) is 99.6. The zero-order valence-electron chi connectivity index (χ0n) is 70.6. The third kappa shape index (κ3) is 35.8. The molecule has 0 bridgehead atoms. The summed E-state index contributed by atoms with van der Waals surface area (Å²) in [4.78, 5) is 195. The van der Waals surface area contributed by atoms with Crippen LogP contribution in [0.3, 0.4) is 0 Å². The van der Waals surface area contributed by atoms with Crippen LogP contribution >= 0.6 is 11.6 Å². The number of nitrogens with zero attached hydrogens (tertiary/aromatic N) is 4. The monoisotopic (exact) mass is 1700 g/mol. The Kier molecular flexibility index (Phi) is 43.5. The van der Waals surface area contributed by atoms with Gasteiger partial charge in [0, 0.05) is 103 Å². The van der Waals surface area contributed by atoms with E-state index >= 15 is 14.4 Å². The number of hydrogen-bond acceptors (Lipinski definition) is 18. The molecule has 4 aromatic carbocycles. The van der Waals surface area contributed by atoms with Gasteiger partial charge in [-0.3, -0.25) is 77.3 Å². The number of guanidine groups is 2. The number of fused-ring (bicyclic) bond motifs is 1. The molecule has 660 valence electrons. The second-order valence-corrected chi connectivity index (χ2v) is 30.2. The molecule has 0 saturated carbocycles. The molecule has 5 aromatic rings. The minimum atomic E-state index is -1.83. The van der Waals surface area contributed by atoms with Crippen LogP contribution in [0.4, 0.5) is 0 Å². The van der Waals surface area contributed by atoms with E-state index in [9.17, 15) is 53.4 Å². The van der Waals surface area contributed by atoms with Crippen molar-refractivity contribution < 1.29 is 77.6 Å². The number of carboxylic acids is 1. The summed E-state index contributed by atoms with van der Waals surface area (Å²) in [6, 6.07) is 13.8. The van der Waals surface area contributed by atoms with E-state index in [0.717, 1.165) is 17.7 Å². The van der Waals surface area contributed by atoms with Gasteiger partial charge in [-0.25, -0.2) is 0 Å². The number of carbonyl (C=O) groups is 13. The number of primary amides is 1. The van der Waals surface area contributed by atoms with Gasteiger partial charge in [0.2, 0.25) is 70.9 Å². The Morgan fingerprint density at radius 2 is 0.934 bits per heavy atom. The number of nitrogens with one attached hydrogen (secondary N) is 14. The lowest BCUT2D eigenvalue weighted by Gasteiger charge is -2.31. The number of amides is 12. The van der Waals surface area contributed by atoms with Crippen LogP contribution in [0.5, 0.6) is 5.75 Å². The number of unbranched alkanes of at least 4 members (excludes halogenated alkanes) is 2. The van der Waals surface area contributed by atoms with E-state index in [0.29, 0.717) is 97.6 Å². The standard InChI is InChI=1S/C83H118ClN19O14.C2H4O2/c1-10-87-82(88-11-2)91-39-18-16-25-62(73(109)98-64(42-50(5)6)74(110)97-63(26-17-19-40-92-83(89-12-3)90-13-4)81(117)103-41-21-27-70(103)80(116)94-52(8)72(108)93-51(7)71(85)107)96-76(112)66(45-55-31-36-61(106)37-32-55)101-79(115)69(49-104)102-78(114)68(47-57-22-20-38-86-48-57)100-77(113)67(44-54-29-34-60(84)35-30-54)99-75(111)65(95-53(9)105)46-56-28-33-58-23-14-15-24-59(58)43-56;1-2(3)4/h14-15,20,22-24,28-38,43,48,50-52,62-70,104,106H,10-13,16-19,21,25-27,39-42,44-47,49H2,1-9H3,(H2,85,107)(H,93,108)(H,94,116)(H,95,105)(H,96,112)(H,97,110)(H,98,109)(H,99,111)(H,100,113)(H,101,115)(H,102,114)(H2,87,88,91)(H2,89,90,92);1H3,(H,3,4)/t51-,52-,62-,63+,64+,65-,66+,67-,68-,69+,70+;/m1./s1. The summed E-state index contributed by atoms with van der Waals surface area (Å²) in [6.07, 6.45) is 4.45. The molecule has 121 heavy (non-hydrogen) atoms. The number of aliphatic hydroxyl groups is 1. The molecule has 2 heterocycles. The summed E-state index contributed by atoms with van der Waals surface area (Å²) in [5.41, 5.74) is 7.46. The Morgan fingerprint density at radius 1 is 0.496 bits per heavy atom. The molecule has 12 amide bonds. The lowest BCUT2D eigenvalue weighted by Crippen LogP contribution is -2.61. The SMILES string of the molecule is CC(=O)O.CCNC(=NCCCC[C@H](NC(=O)[C@H](CC(C)C)NC(=O)[C@@H](CCCCN=C(NCC)NCC)NC(=O)[C@H](Cc1ccc(O)cc1)NC(=O)[C@H](CO)NC(=O)[C@@H](Cc1cccnc1)NC(=O)[C@@H](Cc1ccc(Cl)cc1)NC(=O)[C@@H](Cc1ccc2ccccc2c1)NC(C)=O)C(=O)N1CCC[C@H]1C(=O)N[C@H](C)C(=O)N[C@H](C)C(N)=O)NCC. The van der Waals surface area contributed by atoms with E-state index < -0.39 is 150 Å². The summed E-state index contributed by atoms with van der Waals surface area (Å²) >= 11 is 6.27. The van der Waals surface area contributed by atoms with E-state index in [1.165, 1.54) is 62.3 Å². The minimum Gasteiger partial charge on any atom is -0.508 e. The van der Waals surface area contributed by atoms with Crippen LogP contribution in [-0.4, -0.2) is 233 Å². The van der Waals surface area contributed by atoms with Crippen molar-refractivity contribution in [1.29, 1.82) is 0 Å². The van der Waals surface area contributed by atoms with Gasteiger partial charge in [0.25, 0.3) is 5.97 Å². The number of benzene rings is 4. The molecule has 0 unspecified atom stereocenters. The number of carbonyl (C=O) groups excluding carboxylic acids is 12. The average Bonchev–Trinajstić information content (AvgIpc) is 1.75. The fraction of sp³-hybridized carbons (Fsp3) is 0.506. The van der Waals surface area contributed by atoms with Crippen LogP contribution in [0.2, 0.25) is 5.02 Å². The Labute approximate surface area is 711 Å². The molecule has 1 saturated heterocycles. The molecule has 1 fully saturated rings. The number of carboxylic acid groups (broad SMARTS) is 1. The van der Waals surface area contributed by atoms with Crippen molar-refractivity contribution in [1.82, 2.24) is 84.3 Å². The zero-order valence-corrected chi connectivity index (χ0v) is 71.4. The van der Waals surface area contributed by atoms with Crippen LogP contribution in [0.25, 0.3) is 10.8 Å². The number of rotatable bonds is 46. The summed E-state index contributed by atoms with van der Waals surface area (Å²) in [7, 11) is 0. The Hall–Kier alpha value is -12.0. The van der Waals surface area contributed by atoms with Crippen molar-refractivity contribution in [2.45, 2.75) is 219 Å². The molecular weight excluding hydrogens is 1580 g/mol. The molecule has 6 rings (SSSR count). The lowest BCUT2D eigenvalue weighted by atomic mass is 9.99. The number of aliphatic carboxylic acids is 1. The number of pyridine rings is 1. The highest BCUT2D eigenvalue weighted by molar-refractivity contribution is 6.30. The van der Waals surface area contributed by atoms with Gasteiger partial charge in [0.05, 0.1) is 6.61 Å². The van der Waals surface area contributed by atoms with Crippen molar-refractivity contribution in [2.75, 3.05) is 52.4 Å². The number of nitrogens with two attached hydrogens (primary N) is 1. The largest absolute Gasteiger partial charge is 0.508 e. The van der Waals surface area contributed by atoms with E-state index in [1.807, 2.05) is 84.0 Å². The number of likely N-dealkylation sites (tertiary alicyclic amines) is 1. The molecule has 0 radical (unpaired) electrons. The Bertz CT molecular complexity index is 4270. The van der Waals surface area contributed by atoms with E-state index in [4.69, 9.17) is 27.2 Å². The average molecular weight is 1700 g/mol. The van der Waals surface area contributed by atoms with E-state index in [2.05, 4.69) is 89.4 Å². The lowest BCUT2D eigenvalue weighted by molar-refractivity contribution is -0.142. The first-order valence-corrected chi connectivity index (χ1v) is 41.5. The summed E-state index contributed by atoms with van der Waals surface area (Å²) in [6.45, 7) is 18.6. The number of halogens is 1. The first-order valence-electron chi connectivity index (χ1n) is 41.1. The van der Waals surface area contributed by atoms with Crippen LogP contribution in [-0.2, 0) is 88.0 Å². The van der Waals surface area contributed by atoms with Crippen LogP contribution in [0, 0.1) is 5.92 Å². The fourth-order valence-electron chi connectivity index (χ4n) is 13.1. The maximum absolute atomic E-state index is 15.2. The number of aliphatic imine (C=N–C) groups is 2. The Balaban J connectivity index is 0.00000636. The fourth-order valence-corrected chi connectivity index (χ4v) is 13.2. The quantitative estimate of drug-likeness (QED) is 0.0150. The number of aromatic hydroxyl groups is 1. The van der Waals surface area contributed by atoms with E-state index in [-0.39, 0.29) is 82.5 Å². The predicted molar refractivity (Wildman–Crippen MR) is 460 cm³/mol. The van der Waals surface area contributed by atoms with Gasteiger partial charge < -0.3 is 100 Å². The van der Waals surface area contributed by atoms with Gasteiger partial charge in [-0.15, -0.1) is 0 Å². The molecule has 0 spiro atoms. The van der Waals surface area contributed by atoms with Crippen molar-refractivity contribution in [3.8, 4) is 5.75 Å². The molecular formula is C85H122ClN19O16.